The highest BCUT2D eigenvalue weighted by Crippen LogP contribution is 2.26. The van der Waals surface area contributed by atoms with Crippen LogP contribution in [-0.4, -0.2) is 25.4 Å². The molecule has 0 aliphatic heterocycles. The first-order valence-corrected chi connectivity index (χ1v) is 5.67. The van der Waals surface area contributed by atoms with Gasteiger partial charge in [0.25, 0.3) is 0 Å². The largest absolute Gasteiger partial charge is 0.462 e. The zero-order valence-corrected chi connectivity index (χ0v) is 9.08. The van der Waals surface area contributed by atoms with Gasteiger partial charge in [0.05, 0.1) is 11.3 Å². The summed E-state index contributed by atoms with van der Waals surface area (Å²) in [5.41, 5.74) is 0. The molecule has 0 spiro atoms. The first-order valence-electron chi connectivity index (χ1n) is 4.03. The number of hydrogen-bond donors (Lipinski definition) is 0. The van der Waals surface area contributed by atoms with Crippen LogP contribution in [0.25, 0.3) is 9.53 Å². The Kier molecular flexibility index (Phi) is 2.56. The summed E-state index contributed by atoms with van der Waals surface area (Å²) in [4.78, 5) is 17.3. The molecule has 0 saturated heterocycles. The van der Waals surface area contributed by atoms with Gasteiger partial charge in [-0.2, -0.15) is 0 Å². The number of carbonyl (C=O) groups excluding carboxylic acids is 1. The lowest BCUT2D eigenvalue weighted by Gasteiger charge is -1.95. The summed E-state index contributed by atoms with van der Waals surface area (Å²) in [6.45, 7) is 2.17. The van der Waals surface area contributed by atoms with E-state index in [9.17, 15) is 4.79 Å². The van der Waals surface area contributed by atoms with Gasteiger partial charge in [0.1, 0.15) is 9.71 Å². The Balaban J connectivity index is 2.36. The van der Waals surface area contributed by atoms with E-state index in [2.05, 4.69) is 4.98 Å². The van der Waals surface area contributed by atoms with Crippen molar-refractivity contribution in [2.45, 2.75) is 6.92 Å². The highest BCUT2D eigenvalue weighted by Gasteiger charge is 2.13. The first-order chi connectivity index (χ1) is 6.70. The Hall–Kier alpha value is -0.875. The molecule has 2 radical (unpaired) electrons. The molecule has 0 atom stereocenters. The Morgan fingerprint density at radius 1 is 1.64 bits per heavy atom. The molecule has 0 bridgehead atoms. The van der Waals surface area contributed by atoms with Crippen LogP contribution in [0.15, 0.2) is 6.07 Å². The summed E-state index contributed by atoms with van der Waals surface area (Å²) in [6.07, 6.45) is 0. The van der Waals surface area contributed by atoms with Crippen LogP contribution in [0.2, 0.25) is 0 Å². The average Bonchev–Trinajstić information content (AvgIpc) is 2.61. The number of nitrogens with zero attached hydrogens (tertiary/aromatic N) is 1. The third-order valence-corrected chi connectivity index (χ3v) is 3.55. The number of ether oxygens (including phenoxy) is 1. The van der Waals surface area contributed by atoms with Crippen LogP contribution in [0.1, 0.15) is 16.6 Å². The van der Waals surface area contributed by atoms with Gasteiger partial charge in [0, 0.05) is 4.91 Å². The Morgan fingerprint density at radius 3 is 3.07 bits per heavy atom. The van der Waals surface area contributed by atoms with E-state index in [1.807, 2.05) is 0 Å². The Labute approximate surface area is 90.1 Å². The lowest BCUT2D eigenvalue weighted by Crippen LogP contribution is -2.01. The smallest absolute Gasteiger partial charge is 0.348 e. The van der Waals surface area contributed by atoms with Crippen LogP contribution in [0.5, 0.6) is 0 Å². The molecular formula is C8H6BNO2S2. The van der Waals surface area contributed by atoms with Gasteiger partial charge in [-0.15, -0.1) is 22.7 Å². The summed E-state index contributed by atoms with van der Waals surface area (Å²) in [6, 6.07) is 1.77. The normalized spacial score (nSPS) is 10.6. The van der Waals surface area contributed by atoms with E-state index in [1.54, 1.807) is 13.0 Å². The number of thiophene rings is 1. The number of fused-ring (bicyclic) bond motifs is 1. The fourth-order valence-electron chi connectivity index (χ4n) is 1.05. The number of hydrogen-bond acceptors (Lipinski definition) is 5. The van der Waals surface area contributed by atoms with Gasteiger partial charge in [-0.05, 0) is 13.0 Å². The predicted octanol–water partition coefficient (Wildman–Crippen LogP) is 1.33. The van der Waals surface area contributed by atoms with E-state index in [4.69, 9.17) is 12.6 Å². The SMILES string of the molecule is [B]c1nc2sc(C(=O)OCC)cc2s1. The van der Waals surface area contributed by atoms with Crippen LogP contribution in [0.4, 0.5) is 0 Å². The maximum Gasteiger partial charge on any atom is 0.348 e. The van der Waals surface area contributed by atoms with Crippen molar-refractivity contribution in [3.8, 4) is 0 Å². The fourth-order valence-corrected chi connectivity index (χ4v) is 2.94. The molecule has 70 valence electrons. The fraction of sp³-hybridized carbons (Fsp3) is 0.250. The van der Waals surface area contributed by atoms with Crippen LogP contribution in [-0.2, 0) is 4.74 Å². The van der Waals surface area contributed by atoms with E-state index in [0.717, 1.165) is 9.53 Å². The van der Waals surface area contributed by atoms with Gasteiger partial charge in [-0.25, -0.2) is 9.78 Å². The molecule has 14 heavy (non-hydrogen) atoms. The number of thiazole rings is 1. The minimum Gasteiger partial charge on any atom is -0.462 e. The van der Waals surface area contributed by atoms with E-state index in [0.29, 0.717) is 16.4 Å². The summed E-state index contributed by atoms with van der Waals surface area (Å²) in [7, 11) is 5.52. The molecular weight excluding hydrogens is 217 g/mol. The summed E-state index contributed by atoms with van der Waals surface area (Å²) < 4.78 is 5.81. The van der Waals surface area contributed by atoms with E-state index < -0.39 is 0 Å². The summed E-state index contributed by atoms with van der Waals surface area (Å²) >= 11 is 2.69. The molecule has 6 heteroatoms. The molecule has 0 unspecified atom stereocenters. The number of carbonyl (C=O) groups is 1. The molecule has 0 aliphatic carbocycles. The molecule has 0 aliphatic rings. The van der Waals surface area contributed by atoms with Crippen molar-refractivity contribution in [2.24, 2.45) is 0 Å². The molecule has 3 nitrogen and oxygen atoms in total. The van der Waals surface area contributed by atoms with Crippen molar-refractivity contribution in [3.63, 3.8) is 0 Å². The van der Waals surface area contributed by atoms with E-state index in [1.165, 1.54) is 22.7 Å². The molecule has 0 fully saturated rings. The predicted molar refractivity (Wildman–Crippen MR) is 58.8 cm³/mol. The quantitative estimate of drug-likeness (QED) is 0.569. The lowest BCUT2D eigenvalue weighted by molar-refractivity contribution is 0.0532. The standard InChI is InChI=1S/C8H6BNO2S2/c1-2-12-7(11)5-3-4-6(13-5)10-8(9)14-4/h3H,2H2,1H3. The molecule has 0 saturated carbocycles. The lowest BCUT2D eigenvalue weighted by atomic mass is 10.2. The molecule has 0 amide bonds. The van der Waals surface area contributed by atoms with Gasteiger partial charge < -0.3 is 4.74 Å². The van der Waals surface area contributed by atoms with Crippen molar-refractivity contribution in [2.75, 3.05) is 6.61 Å². The third-order valence-electron chi connectivity index (χ3n) is 1.58. The third kappa shape index (κ3) is 1.67. The summed E-state index contributed by atoms with van der Waals surface area (Å²) in [5, 5.41) is 0. The van der Waals surface area contributed by atoms with Crippen LogP contribution in [0.3, 0.4) is 0 Å². The second kappa shape index (κ2) is 3.71. The van der Waals surface area contributed by atoms with Crippen LogP contribution >= 0.6 is 22.7 Å². The highest BCUT2D eigenvalue weighted by atomic mass is 32.1. The second-order valence-corrected chi connectivity index (χ2v) is 4.65. The van der Waals surface area contributed by atoms with Crippen molar-refractivity contribution in [3.05, 3.63) is 10.9 Å². The molecule has 2 rings (SSSR count). The first kappa shape index (κ1) is 9.67. The number of aromatic nitrogens is 1. The number of esters is 1. The van der Waals surface area contributed by atoms with Crippen LogP contribution in [0, 0.1) is 0 Å². The molecule has 2 heterocycles. The monoisotopic (exact) mass is 223 g/mol. The van der Waals surface area contributed by atoms with Gasteiger partial charge >= 0.3 is 5.97 Å². The zero-order chi connectivity index (χ0) is 10.1. The van der Waals surface area contributed by atoms with E-state index in [-0.39, 0.29) is 5.97 Å². The molecule has 0 N–H and O–H groups in total. The average molecular weight is 223 g/mol. The van der Waals surface area contributed by atoms with E-state index >= 15 is 0 Å². The van der Waals surface area contributed by atoms with Gasteiger partial charge in [-0.3, -0.25) is 0 Å². The Bertz CT molecular complexity index is 445. The topological polar surface area (TPSA) is 39.2 Å². The second-order valence-electron chi connectivity index (χ2n) is 2.55. The summed E-state index contributed by atoms with van der Waals surface area (Å²) in [5.74, 6) is -0.290. The number of rotatable bonds is 2. The molecule has 2 aromatic heterocycles. The highest BCUT2D eigenvalue weighted by molar-refractivity contribution is 7.31. The van der Waals surface area contributed by atoms with Crippen LogP contribution < -0.4 is 4.91 Å². The van der Waals surface area contributed by atoms with Gasteiger partial charge in [0.2, 0.25) is 0 Å². The van der Waals surface area contributed by atoms with Crippen molar-refractivity contribution in [1.82, 2.24) is 4.98 Å². The minimum atomic E-state index is -0.290. The maximum atomic E-state index is 11.3. The van der Waals surface area contributed by atoms with Gasteiger partial charge in [-0.1, -0.05) is 0 Å². The maximum absolute atomic E-state index is 11.3. The minimum absolute atomic E-state index is 0.290. The zero-order valence-electron chi connectivity index (χ0n) is 7.44. The Morgan fingerprint density at radius 2 is 2.43 bits per heavy atom. The van der Waals surface area contributed by atoms with Crippen molar-refractivity contribution in [1.29, 1.82) is 0 Å². The molecule has 0 aromatic carbocycles. The van der Waals surface area contributed by atoms with Crippen molar-refractivity contribution < 1.29 is 9.53 Å². The van der Waals surface area contributed by atoms with Gasteiger partial charge in [0.15, 0.2) is 7.85 Å². The molecule has 2 aromatic rings. The van der Waals surface area contributed by atoms with Crippen molar-refractivity contribution >= 4 is 50.9 Å².